The molecular weight excluding hydrogens is 228 g/mol. The van der Waals surface area contributed by atoms with Crippen LogP contribution in [0.4, 0.5) is 5.69 Å². The first-order valence-corrected chi connectivity index (χ1v) is 6.64. The first kappa shape index (κ1) is 13.1. The van der Waals surface area contributed by atoms with E-state index in [-0.39, 0.29) is 5.56 Å². The van der Waals surface area contributed by atoms with E-state index in [1.165, 1.54) is 30.4 Å². The minimum atomic E-state index is -0.0329. The van der Waals surface area contributed by atoms with Crippen molar-refractivity contribution in [2.75, 3.05) is 25.5 Å². The molecule has 0 aliphatic heterocycles. The molecule has 5 nitrogen and oxygen atoms in total. The number of rotatable bonds is 5. The summed E-state index contributed by atoms with van der Waals surface area (Å²) in [5, 5.41) is 7.67. The molecule has 0 amide bonds. The Morgan fingerprint density at radius 3 is 2.78 bits per heavy atom. The number of anilines is 1. The normalized spacial score (nSPS) is 16.1. The van der Waals surface area contributed by atoms with Gasteiger partial charge in [0.1, 0.15) is 0 Å². The van der Waals surface area contributed by atoms with Crippen molar-refractivity contribution in [2.45, 2.75) is 38.3 Å². The Bertz CT molecular complexity index is 435. The average molecular weight is 250 g/mol. The number of hydrogen-bond acceptors (Lipinski definition) is 4. The number of hydrogen-bond donors (Lipinski definition) is 1. The molecule has 1 fully saturated rings. The van der Waals surface area contributed by atoms with Gasteiger partial charge in [-0.15, -0.1) is 0 Å². The van der Waals surface area contributed by atoms with Gasteiger partial charge in [0.2, 0.25) is 0 Å². The maximum absolute atomic E-state index is 11.8. The van der Waals surface area contributed by atoms with Crippen LogP contribution in [0, 0.1) is 0 Å². The molecule has 0 aromatic carbocycles. The topological polar surface area (TPSA) is 50.2 Å². The fraction of sp³-hybridized carbons (Fsp3) is 0.692. The molecule has 18 heavy (non-hydrogen) atoms. The van der Waals surface area contributed by atoms with E-state index in [2.05, 4.69) is 10.4 Å². The van der Waals surface area contributed by atoms with E-state index in [9.17, 15) is 4.79 Å². The predicted octanol–water partition coefficient (Wildman–Crippen LogP) is 0.841. The first-order chi connectivity index (χ1) is 8.66. The summed E-state index contributed by atoms with van der Waals surface area (Å²) >= 11 is 0. The Kier molecular flexibility index (Phi) is 4.36. The fourth-order valence-corrected chi connectivity index (χ4v) is 2.34. The monoisotopic (exact) mass is 250 g/mol. The third kappa shape index (κ3) is 3.32. The van der Waals surface area contributed by atoms with Crippen LogP contribution < -0.4 is 15.8 Å². The van der Waals surface area contributed by atoms with Crippen LogP contribution in [0.25, 0.3) is 0 Å². The van der Waals surface area contributed by atoms with Gasteiger partial charge in [-0.1, -0.05) is 12.8 Å². The summed E-state index contributed by atoms with van der Waals surface area (Å²) in [5.74, 6) is 0. The van der Waals surface area contributed by atoms with Crippen LogP contribution in [-0.4, -0.2) is 36.5 Å². The molecule has 0 atom stereocenters. The molecule has 0 spiro atoms. The molecule has 5 heteroatoms. The molecular formula is C13H22N4O. The van der Waals surface area contributed by atoms with Gasteiger partial charge in [0.15, 0.2) is 0 Å². The molecule has 1 saturated carbocycles. The van der Waals surface area contributed by atoms with Gasteiger partial charge in [-0.05, 0) is 12.8 Å². The quantitative estimate of drug-likeness (QED) is 0.841. The van der Waals surface area contributed by atoms with E-state index >= 15 is 0 Å². The van der Waals surface area contributed by atoms with Gasteiger partial charge in [-0.3, -0.25) is 4.79 Å². The second kappa shape index (κ2) is 6.00. The van der Waals surface area contributed by atoms with Gasteiger partial charge < -0.3 is 10.2 Å². The van der Waals surface area contributed by atoms with E-state index in [0.717, 1.165) is 12.2 Å². The van der Waals surface area contributed by atoms with E-state index in [1.807, 2.05) is 19.0 Å². The first-order valence-electron chi connectivity index (χ1n) is 6.64. The molecule has 0 radical (unpaired) electrons. The lowest BCUT2D eigenvalue weighted by Crippen LogP contribution is -2.33. The average Bonchev–Trinajstić information content (AvgIpc) is 2.84. The van der Waals surface area contributed by atoms with Gasteiger partial charge in [-0.2, -0.15) is 5.10 Å². The highest BCUT2D eigenvalue weighted by Gasteiger charge is 2.13. The lowest BCUT2D eigenvalue weighted by atomic mass is 10.2. The molecule has 1 aliphatic carbocycles. The Labute approximate surface area is 108 Å². The summed E-state index contributed by atoms with van der Waals surface area (Å²) in [7, 11) is 3.81. The van der Waals surface area contributed by atoms with E-state index < -0.39 is 0 Å². The lowest BCUT2D eigenvalue weighted by molar-refractivity contribution is 0.470. The molecule has 1 aromatic heterocycles. The zero-order valence-electron chi connectivity index (χ0n) is 11.2. The summed E-state index contributed by atoms with van der Waals surface area (Å²) in [6.45, 7) is 1.46. The molecule has 2 rings (SSSR count). The van der Waals surface area contributed by atoms with Crippen molar-refractivity contribution >= 4 is 5.69 Å². The zero-order valence-corrected chi connectivity index (χ0v) is 11.2. The summed E-state index contributed by atoms with van der Waals surface area (Å²) < 4.78 is 1.52. The maximum atomic E-state index is 11.8. The molecule has 1 aromatic rings. The largest absolute Gasteiger partial charge is 0.376 e. The third-order valence-corrected chi connectivity index (χ3v) is 3.48. The van der Waals surface area contributed by atoms with Gasteiger partial charge in [-0.25, -0.2) is 4.68 Å². The minimum Gasteiger partial charge on any atom is -0.376 e. The Balaban J connectivity index is 1.87. The van der Waals surface area contributed by atoms with Crippen molar-refractivity contribution < 1.29 is 0 Å². The molecule has 0 saturated heterocycles. The molecule has 1 heterocycles. The molecule has 1 aliphatic rings. The van der Waals surface area contributed by atoms with Crippen molar-refractivity contribution in [3.8, 4) is 0 Å². The third-order valence-electron chi connectivity index (χ3n) is 3.48. The van der Waals surface area contributed by atoms with Gasteiger partial charge >= 0.3 is 0 Å². The van der Waals surface area contributed by atoms with Crippen molar-refractivity contribution in [3.63, 3.8) is 0 Å². The minimum absolute atomic E-state index is 0.0329. The zero-order chi connectivity index (χ0) is 13.0. The van der Waals surface area contributed by atoms with E-state index in [0.29, 0.717) is 12.6 Å². The standard InChI is InChI=1S/C13H22N4O/c1-16(2)12-9-13(18)17(15-10-12)8-7-14-11-5-3-4-6-11/h9-11,14H,3-8H2,1-2H3. The fourth-order valence-electron chi connectivity index (χ4n) is 2.34. The summed E-state index contributed by atoms with van der Waals surface area (Å²) in [5.41, 5.74) is 0.814. The second-order valence-corrected chi connectivity index (χ2v) is 5.11. The second-order valence-electron chi connectivity index (χ2n) is 5.11. The van der Waals surface area contributed by atoms with Crippen LogP contribution in [0.15, 0.2) is 17.1 Å². The molecule has 0 bridgehead atoms. The van der Waals surface area contributed by atoms with Gasteiger partial charge in [0.25, 0.3) is 5.56 Å². The van der Waals surface area contributed by atoms with E-state index in [1.54, 1.807) is 12.3 Å². The summed E-state index contributed by atoms with van der Waals surface area (Å²) in [4.78, 5) is 13.7. The van der Waals surface area contributed by atoms with Crippen LogP contribution >= 0.6 is 0 Å². The Morgan fingerprint density at radius 1 is 1.44 bits per heavy atom. The lowest BCUT2D eigenvalue weighted by Gasteiger charge is -2.14. The van der Waals surface area contributed by atoms with Crippen molar-refractivity contribution in [2.24, 2.45) is 0 Å². The number of aromatic nitrogens is 2. The van der Waals surface area contributed by atoms with E-state index in [4.69, 9.17) is 0 Å². The SMILES string of the molecule is CN(C)c1cnn(CCNC2CCCC2)c(=O)c1. The van der Waals surface area contributed by atoms with Crippen LogP contribution in [0.1, 0.15) is 25.7 Å². The molecule has 1 N–H and O–H groups in total. The smallest absolute Gasteiger partial charge is 0.268 e. The van der Waals surface area contributed by atoms with Crippen LogP contribution in [0.2, 0.25) is 0 Å². The maximum Gasteiger partial charge on any atom is 0.268 e. The summed E-state index contributed by atoms with van der Waals surface area (Å²) in [6.07, 6.45) is 6.92. The highest BCUT2D eigenvalue weighted by Crippen LogP contribution is 2.17. The van der Waals surface area contributed by atoms with Crippen molar-refractivity contribution in [1.82, 2.24) is 15.1 Å². The van der Waals surface area contributed by atoms with Crippen molar-refractivity contribution in [1.29, 1.82) is 0 Å². The molecule has 100 valence electrons. The van der Waals surface area contributed by atoms with Crippen LogP contribution in [-0.2, 0) is 6.54 Å². The van der Waals surface area contributed by atoms with Gasteiger partial charge in [0.05, 0.1) is 18.4 Å². The highest BCUT2D eigenvalue weighted by atomic mass is 16.1. The van der Waals surface area contributed by atoms with Crippen LogP contribution in [0.5, 0.6) is 0 Å². The summed E-state index contributed by atoms with van der Waals surface area (Å²) in [6, 6.07) is 2.27. The Hall–Kier alpha value is -1.36. The highest BCUT2D eigenvalue weighted by molar-refractivity contribution is 5.40. The Morgan fingerprint density at radius 2 is 2.17 bits per heavy atom. The number of nitrogens with zero attached hydrogens (tertiary/aromatic N) is 3. The van der Waals surface area contributed by atoms with Gasteiger partial charge in [0, 0.05) is 32.7 Å². The van der Waals surface area contributed by atoms with Crippen molar-refractivity contribution in [3.05, 3.63) is 22.6 Å². The predicted molar refractivity (Wildman–Crippen MR) is 73.1 cm³/mol. The number of nitrogens with one attached hydrogen (secondary N) is 1. The van der Waals surface area contributed by atoms with Crippen LogP contribution in [0.3, 0.4) is 0 Å². The molecule has 0 unspecified atom stereocenters.